The van der Waals surface area contributed by atoms with Gasteiger partial charge in [-0.1, -0.05) is 158 Å². The molecule has 0 aromatic rings. The standard InChI is InChI=1S/C45H90NO8P/c1-11-13-15-17-18-19-20-21-22-23-24-25-27-29-44(47)54-43(37-53-55(49,50)52-31-30-46(8,9)10)36-51-45(48)42(7)35-41(6)34-40(5)33-39(4)32-38(3)28-26-16-14-12-2/h38-43H,11-37H2,1-10H3/p+1/t38-,39-,40-,41-,42-,43+/m0/s1. The molecule has 7 atom stereocenters. The summed E-state index contributed by atoms with van der Waals surface area (Å²) in [5, 5.41) is 0. The van der Waals surface area contributed by atoms with Gasteiger partial charge in [0.15, 0.2) is 6.10 Å². The van der Waals surface area contributed by atoms with E-state index in [1.807, 2.05) is 28.1 Å². The molecule has 0 fully saturated rings. The summed E-state index contributed by atoms with van der Waals surface area (Å²) in [5.74, 6) is 1.27. The molecule has 0 amide bonds. The lowest BCUT2D eigenvalue weighted by Crippen LogP contribution is -2.37. The molecule has 0 aromatic heterocycles. The summed E-state index contributed by atoms with van der Waals surface area (Å²) in [6.07, 6.45) is 25.9. The van der Waals surface area contributed by atoms with Crippen molar-refractivity contribution < 1.29 is 42.1 Å². The van der Waals surface area contributed by atoms with Gasteiger partial charge in [0.2, 0.25) is 0 Å². The van der Waals surface area contributed by atoms with E-state index in [1.54, 1.807) is 0 Å². The van der Waals surface area contributed by atoms with E-state index in [0.29, 0.717) is 41.6 Å². The maximum atomic E-state index is 13.1. The summed E-state index contributed by atoms with van der Waals surface area (Å²) >= 11 is 0. The van der Waals surface area contributed by atoms with Crippen LogP contribution in [0.1, 0.15) is 196 Å². The number of rotatable bonds is 38. The van der Waals surface area contributed by atoms with Crippen LogP contribution >= 0.6 is 7.82 Å². The van der Waals surface area contributed by atoms with E-state index in [1.165, 1.54) is 109 Å². The Labute approximate surface area is 340 Å². The van der Waals surface area contributed by atoms with Crippen molar-refractivity contribution in [3.05, 3.63) is 0 Å². The van der Waals surface area contributed by atoms with E-state index >= 15 is 0 Å². The molecule has 0 rings (SSSR count). The Kier molecular flexibility index (Phi) is 32.3. The number of unbranched alkanes of at least 4 members (excludes halogenated alkanes) is 15. The van der Waals surface area contributed by atoms with Gasteiger partial charge in [-0.3, -0.25) is 18.6 Å². The second kappa shape index (κ2) is 32.9. The molecule has 0 saturated carbocycles. The van der Waals surface area contributed by atoms with Crippen molar-refractivity contribution in [2.45, 2.75) is 202 Å². The number of likely N-dealkylation sites (N-methyl/N-ethyl adjacent to an activating group) is 1. The SMILES string of the molecule is CCCCCCCCCCCCCCCC(=O)O[C@H](COC(=O)[C@@H](C)C[C@@H](C)C[C@@H](C)C[C@@H](C)C[C@@H](C)CCCCCC)COP(=O)(O)OCC[N+](C)(C)C. The number of ether oxygens (including phenoxy) is 2. The highest BCUT2D eigenvalue weighted by atomic mass is 31.2. The maximum Gasteiger partial charge on any atom is 0.472 e. The highest BCUT2D eigenvalue weighted by molar-refractivity contribution is 7.47. The van der Waals surface area contributed by atoms with Gasteiger partial charge in [-0.25, -0.2) is 4.57 Å². The number of phosphoric ester groups is 1. The van der Waals surface area contributed by atoms with Crippen LogP contribution in [0.2, 0.25) is 0 Å². The Morgan fingerprint density at radius 1 is 0.600 bits per heavy atom. The third-order valence-corrected chi connectivity index (χ3v) is 11.7. The van der Waals surface area contributed by atoms with Crippen LogP contribution in [-0.4, -0.2) is 74.9 Å². The minimum Gasteiger partial charge on any atom is -0.461 e. The molecule has 0 spiro atoms. The first-order chi connectivity index (χ1) is 26.0. The Balaban J connectivity index is 4.82. The predicted octanol–water partition coefficient (Wildman–Crippen LogP) is 12.5. The van der Waals surface area contributed by atoms with E-state index in [9.17, 15) is 19.0 Å². The Hall–Kier alpha value is -0.990. The van der Waals surface area contributed by atoms with E-state index in [2.05, 4.69) is 41.5 Å². The number of nitrogens with zero attached hydrogens (tertiary/aromatic N) is 1. The predicted molar refractivity (Wildman–Crippen MR) is 229 cm³/mol. The molecule has 0 saturated heterocycles. The van der Waals surface area contributed by atoms with E-state index in [4.69, 9.17) is 18.5 Å². The topological polar surface area (TPSA) is 108 Å². The number of phosphoric acid groups is 1. The molecule has 0 aromatic carbocycles. The third kappa shape index (κ3) is 34.7. The van der Waals surface area contributed by atoms with Crippen molar-refractivity contribution in [1.29, 1.82) is 0 Å². The molecule has 0 bridgehead atoms. The van der Waals surface area contributed by atoms with Gasteiger partial charge >= 0.3 is 19.8 Å². The van der Waals surface area contributed by atoms with Crippen LogP contribution in [0.5, 0.6) is 0 Å². The average Bonchev–Trinajstić information content (AvgIpc) is 3.08. The van der Waals surface area contributed by atoms with Gasteiger partial charge in [0.05, 0.1) is 33.7 Å². The number of hydrogen-bond donors (Lipinski definition) is 1. The van der Waals surface area contributed by atoms with Gasteiger partial charge in [0.1, 0.15) is 19.8 Å². The van der Waals surface area contributed by atoms with Gasteiger partial charge in [-0.15, -0.1) is 0 Å². The highest BCUT2D eigenvalue weighted by Crippen LogP contribution is 2.43. The van der Waals surface area contributed by atoms with Crippen molar-refractivity contribution in [2.75, 3.05) is 47.5 Å². The summed E-state index contributed by atoms with van der Waals surface area (Å²) in [7, 11) is 1.47. The number of quaternary nitrogens is 1. The lowest BCUT2D eigenvalue weighted by Gasteiger charge is -2.25. The Bertz CT molecular complexity index is 988. The van der Waals surface area contributed by atoms with E-state index in [0.717, 1.165) is 25.2 Å². The van der Waals surface area contributed by atoms with Gasteiger partial charge in [0, 0.05) is 6.42 Å². The summed E-state index contributed by atoms with van der Waals surface area (Å²) in [6.45, 7) is 15.6. The number of carbonyl (C=O) groups is 2. The fraction of sp³-hybridized carbons (Fsp3) is 0.956. The number of esters is 2. The zero-order chi connectivity index (χ0) is 41.5. The lowest BCUT2D eigenvalue weighted by atomic mass is 9.82. The zero-order valence-corrected chi connectivity index (χ0v) is 38.6. The molecule has 0 aliphatic carbocycles. The van der Waals surface area contributed by atoms with Crippen LogP contribution in [0.15, 0.2) is 0 Å². The first kappa shape index (κ1) is 54.0. The third-order valence-electron chi connectivity index (χ3n) is 10.8. The van der Waals surface area contributed by atoms with Crippen LogP contribution in [0.25, 0.3) is 0 Å². The molecule has 328 valence electrons. The summed E-state index contributed by atoms with van der Waals surface area (Å²) in [4.78, 5) is 36.2. The van der Waals surface area contributed by atoms with E-state index < -0.39 is 26.5 Å². The van der Waals surface area contributed by atoms with E-state index in [-0.39, 0.29) is 31.5 Å². The normalized spacial score (nSPS) is 16.5. The molecule has 0 aliphatic rings. The molecular formula is C45H91NO8P+. The molecule has 0 radical (unpaired) electrons. The smallest absolute Gasteiger partial charge is 0.461 e. The molecule has 0 heterocycles. The van der Waals surface area contributed by atoms with Crippen molar-refractivity contribution in [3.63, 3.8) is 0 Å². The molecule has 55 heavy (non-hydrogen) atoms. The maximum absolute atomic E-state index is 13.1. The van der Waals surface area contributed by atoms with Crippen molar-refractivity contribution in [3.8, 4) is 0 Å². The van der Waals surface area contributed by atoms with Crippen LogP contribution in [0.3, 0.4) is 0 Å². The largest absolute Gasteiger partial charge is 0.472 e. The van der Waals surface area contributed by atoms with Gasteiger partial charge in [-0.05, 0) is 55.8 Å². The van der Waals surface area contributed by atoms with Gasteiger partial charge < -0.3 is 18.9 Å². The number of hydrogen-bond acceptors (Lipinski definition) is 7. The fourth-order valence-electron chi connectivity index (χ4n) is 7.70. The fourth-order valence-corrected chi connectivity index (χ4v) is 8.44. The van der Waals surface area contributed by atoms with Crippen molar-refractivity contribution in [1.82, 2.24) is 0 Å². The molecule has 9 nitrogen and oxygen atoms in total. The van der Waals surface area contributed by atoms with Gasteiger partial charge in [-0.2, -0.15) is 0 Å². The van der Waals surface area contributed by atoms with Crippen LogP contribution in [0, 0.1) is 29.6 Å². The second-order valence-electron chi connectivity index (χ2n) is 18.5. The Morgan fingerprint density at radius 3 is 1.56 bits per heavy atom. The highest BCUT2D eigenvalue weighted by Gasteiger charge is 2.28. The van der Waals surface area contributed by atoms with Crippen molar-refractivity contribution in [2.24, 2.45) is 29.6 Å². The molecule has 0 aliphatic heterocycles. The van der Waals surface area contributed by atoms with Crippen LogP contribution < -0.4 is 0 Å². The quantitative estimate of drug-likeness (QED) is 0.0284. The Morgan fingerprint density at radius 2 is 1.05 bits per heavy atom. The van der Waals surface area contributed by atoms with Crippen molar-refractivity contribution >= 4 is 19.8 Å². The molecule has 10 heteroatoms. The molecular weight excluding hydrogens is 713 g/mol. The van der Waals surface area contributed by atoms with Crippen LogP contribution in [0.4, 0.5) is 0 Å². The second-order valence-corrected chi connectivity index (χ2v) is 19.9. The first-order valence-electron chi connectivity index (χ1n) is 22.8. The summed E-state index contributed by atoms with van der Waals surface area (Å²) in [6, 6.07) is 0. The lowest BCUT2D eigenvalue weighted by molar-refractivity contribution is -0.870. The minimum absolute atomic E-state index is 0.0290. The number of carbonyl (C=O) groups excluding carboxylic acids is 2. The van der Waals surface area contributed by atoms with Gasteiger partial charge in [0.25, 0.3) is 0 Å². The molecule has 1 unspecified atom stereocenters. The monoisotopic (exact) mass is 805 g/mol. The minimum atomic E-state index is -4.39. The average molecular weight is 805 g/mol. The molecule has 1 N–H and O–H groups in total. The zero-order valence-electron chi connectivity index (χ0n) is 37.8. The first-order valence-corrected chi connectivity index (χ1v) is 24.3. The summed E-state index contributed by atoms with van der Waals surface area (Å²) < 4.78 is 34.8. The summed E-state index contributed by atoms with van der Waals surface area (Å²) in [5.41, 5.74) is 0. The van der Waals surface area contributed by atoms with Crippen LogP contribution in [-0.2, 0) is 32.7 Å².